The summed E-state index contributed by atoms with van der Waals surface area (Å²) in [5.41, 5.74) is 1.46. The molecular formula is C20H18F3N3O3. The highest BCUT2D eigenvalue weighted by molar-refractivity contribution is 5.94. The van der Waals surface area contributed by atoms with Gasteiger partial charge in [0.1, 0.15) is 5.52 Å². The Morgan fingerprint density at radius 3 is 2.52 bits per heavy atom. The van der Waals surface area contributed by atoms with Gasteiger partial charge in [0.05, 0.1) is 5.69 Å². The van der Waals surface area contributed by atoms with Crippen molar-refractivity contribution in [1.82, 2.24) is 4.98 Å². The minimum Gasteiger partial charge on any atom is -0.423 e. The van der Waals surface area contributed by atoms with E-state index in [1.54, 1.807) is 0 Å². The maximum Gasteiger partial charge on any atom is 0.573 e. The fraction of sp³-hybridized carbons (Fsp3) is 0.300. The van der Waals surface area contributed by atoms with Crippen LogP contribution in [-0.2, 0) is 4.79 Å². The number of aromatic nitrogens is 1. The molecule has 0 spiro atoms. The zero-order chi connectivity index (χ0) is 20.4. The molecule has 0 saturated carbocycles. The van der Waals surface area contributed by atoms with E-state index in [1.807, 2.05) is 29.2 Å². The number of amides is 1. The van der Waals surface area contributed by atoms with Crippen LogP contribution >= 0.6 is 0 Å². The van der Waals surface area contributed by atoms with Crippen LogP contribution in [-0.4, -0.2) is 30.3 Å². The molecule has 2 aromatic carbocycles. The molecule has 6 nitrogen and oxygen atoms in total. The fourth-order valence-corrected chi connectivity index (χ4v) is 3.35. The highest BCUT2D eigenvalue weighted by Gasteiger charge is 2.33. The molecule has 1 aliphatic rings. The van der Waals surface area contributed by atoms with Gasteiger partial charge in [0.25, 0.3) is 6.01 Å². The van der Waals surface area contributed by atoms with Crippen LogP contribution in [0.25, 0.3) is 11.1 Å². The molecule has 1 amide bonds. The third kappa shape index (κ3) is 4.44. The van der Waals surface area contributed by atoms with Crippen LogP contribution in [0.5, 0.6) is 5.75 Å². The molecule has 152 valence electrons. The lowest BCUT2D eigenvalue weighted by Crippen LogP contribution is -2.38. The van der Waals surface area contributed by atoms with Crippen LogP contribution < -0.4 is 15.0 Å². The Labute approximate surface area is 164 Å². The number of hydrogen-bond donors (Lipinski definition) is 1. The van der Waals surface area contributed by atoms with Gasteiger partial charge in [0, 0.05) is 19.0 Å². The quantitative estimate of drug-likeness (QED) is 0.688. The highest BCUT2D eigenvalue weighted by atomic mass is 19.4. The first-order valence-electron chi connectivity index (χ1n) is 9.15. The van der Waals surface area contributed by atoms with Crippen molar-refractivity contribution in [2.45, 2.75) is 19.2 Å². The summed E-state index contributed by atoms with van der Waals surface area (Å²) in [6.45, 7) is 1.12. The van der Waals surface area contributed by atoms with Gasteiger partial charge in [0.15, 0.2) is 11.3 Å². The van der Waals surface area contributed by atoms with Gasteiger partial charge in [-0.3, -0.25) is 4.79 Å². The number of rotatable bonds is 4. The summed E-state index contributed by atoms with van der Waals surface area (Å²) < 4.78 is 47.4. The van der Waals surface area contributed by atoms with Crippen molar-refractivity contribution in [3.63, 3.8) is 0 Å². The second-order valence-electron chi connectivity index (χ2n) is 6.76. The smallest absolute Gasteiger partial charge is 0.423 e. The Balaban J connectivity index is 1.38. The number of oxazole rings is 1. The van der Waals surface area contributed by atoms with Gasteiger partial charge >= 0.3 is 6.36 Å². The molecule has 0 radical (unpaired) electrons. The van der Waals surface area contributed by atoms with Crippen molar-refractivity contribution in [2.75, 3.05) is 23.3 Å². The van der Waals surface area contributed by atoms with Crippen molar-refractivity contribution >= 4 is 28.7 Å². The monoisotopic (exact) mass is 405 g/mol. The van der Waals surface area contributed by atoms with Crippen LogP contribution in [0.15, 0.2) is 52.9 Å². The number of benzene rings is 2. The summed E-state index contributed by atoms with van der Waals surface area (Å²) in [4.78, 5) is 19.0. The number of para-hydroxylation sites is 4. The Hall–Kier alpha value is -3.23. The van der Waals surface area contributed by atoms with Gasteiger partial charge in [-0.05, 0) is 37.1 Å². The summed E-state index contributed by atoms with van der Waals surface area (Å²) in [6.07, 6.45) is -3.76. The first-order chi connectivity index (χ1) is 13.9. The van der Waals surface area contributed by atoms with Crippen LogP contribution in [0.3, 0.4) is 0 Å². The second-order valence-corrected chi connectivity index (χ2v) is 6.76. The number of carbonyl (C=O) groups is 1. The number of fused-ring (bicyclic) bond motifs is 1. The van der Waals surface area contributed by atoms with E-state index < -0.39 is 12.1 Å². The molecule has 29 heavy (non-hydrogen) atoms. The van der Waals surface area contributed by atoms with Crippen molar-refractivity contribution in [3.8, 4) is 5.75 Å². The number of halogens is 3. The fourth-order valence-electron chi connectivity index (χ4n) is 3.35. The minimum atomic E-state index is -4.83. The number of nitrogens with one attached hydrogen (secondary N) is 1. The number of piperidine rings is 1. The number of hydrogen-bond acceptors (Lipinski definition) is 5. The maximum atomic E-state index is 12.6. The molecule has 1 N–H and O–H groups in total. The Morgan fingerprint density at radius 2 is 1.79 bits per heavy atom. The van der Waals surface area contributed by atoms with Gasteiger partial charge in [-0.25, -0.2) is 0 Å². The lowest BCUT2D eigenvalue weighted by molar-refractivity contribution is -0.274. The molecule has 1 aromatic heterocycles. The van der Waals surface area contributed by atoms with Crippen LogP contribution in [0.1, 0.15) is 12.8 Å². The number of alkyl halides is 3. The molecule has 0 unspecified atom stereocenters. The molecule has 4 rings (SSSR count). The number of ether oxygens (including phenoxy) is 1. The average molecular weight is 405 g/mol. The third-order valence-corrected chi connectivity index (χ3v) is 4.79. The molecule has 1 saturated heterocycles. The average Bonchev–Trinajstić information content (AvgIpc) is 3.13. The molecule has 0 aliphatic carbocycles. The van der Waals surface area contributed by atoms with E-state index in [-0.39, 0.29) is 17.5 Å². The van der Waals surface area contributed by atoms with Crippen molar-refractivity contribution < 1.29 is 27.1 Å². The zero-order valence-electron chi connectivity index (χ0n) is 15.3. The third-order valence-electron chi connectivity index (χ3n) is 4.79. The van der Waals surface area contributed by atoms with Gasteiger partial charge in [-0.15, -0.1) is 13.2 Å². The molecule has 2 heterocycles. The summed E-state index contributed by atoms with van der Waals surface area (Å²) in [5.74, 6) is -1.09. The minimum absolute atomic E-state index is 0.00351. The number of carbonyl (C=O) groups excluding carboxylic acids is 1. The molecule has 9 heteroatoms. The zero-order valence-corrected chi connectivity index (χ0v) is 15.3. The summed E-state index contributed by atoms with van der Waals surface area (Å²) in [5, 5.41) is 2.56. The van der Waals surface area contributed by atoms with Gasteiger partial charge in [-0.1, -0.05) is 24.3 Å². The molecule has 3 aromatic rings. The van der Waals surface area contributed by atoms with Gasteiger partial charge in [-0.2, -0.15) is 4.98 Å². The number of nitrogens with zero attached hydrogens (tertiary/aromatic N) is 2. The van der Waals surface area contributed by atoms with Crippen LogP contribution in [0.2, 0.25) is 0 Å². The molecular weight excluding hydrogens is 387 g/mol. The van der Waals surface area contributed by atoms with Crippen molar-refractivity contribution in [3.05, 3.63) is 48.5 Å². The topological polar surface area (TPSA) is 67.6 Å². The molecule has 1 fully saturated rings. The lowest BCUT2D eigenvalue weighted by Gasteiger charge is -2.30. The summed E-state index contributed by atoms with van der Waals surface area (Å²) in [7, 11) is 0. The standard InChI is InChI=1S/C20H18F3N3O3/c21-20(22,23)29-17-8-4-2-6-15(17)24-18(27)13-9-11-26(12-10-13)19-25-14-5-1-3-7-16(14)28-19/h1-8,13H,9-12H2,(H,24,27). The Bertz CT molecular complexity index is 978. The van der Waals surface area contributed by atoms with E-state index in [1.165, 1.54) is 24.3 Å². The van der Waals surface area contributed by atoms with Crippen LogP contribution in [0.4, 0.5) is 24.9 Å². The van der Waals surface area contributed by atoms with E-state index in [0.29, 0.717) is 37.5 Å². The van der Waals surface area contributed by atoms with Gasteiger partial charge in [0.2, 0.25) is 5.91 Å². The predicted octanol–water partition coefficient (Wildman–Crippen LogP) is 4.58. The summed E-state index contributed by atoms with van der Waals surface area (Å²) in [6, 6.07) is 13.5. The Kier molecular flexibility index (Phi) is 5.04. The Morgan fingerprint density at radius 1 is 1.10 bits per heavy atom. The largest absolute Gasteiger partial charge is 0.573 e. The van der Waals surface area contributed by atoms with E-state index in [2.05, 4.69) is 15.0 Å². The van der Waals surface area contributed by atoms with E-state index in [4.69, 9.17) is 4.42 Å². The van der Waals surface area contributed by atoms with Crippen molar-refractivity contribution in [1.29, 1.82) is 0 Å². The maximum absolute atomic E-state index is 12.6. The lowest BCUT2D eigenvalue weighted by atomic mass is 9.96. The first-order valence-corrected chi connectivity index (χ1v) is 9.15. The van der Waals surface area contributed by atoms with E-state index in [0.717, 1.165) is 5.52 Å². The summed E-state index contributed by atoms with van der Waals surface area (Å²) >= 11 is 0. The van der Waals surface area contributed by atoms with E-state index >= 15 is 0 Å². The molecule has 1 aliphatic heterocycles. The number of anilines is 2. The molecule has 0 bridgehead atoms. The SMILES string of the molecule is O=C(Nc1ccccc1OC(F)(F)F)C1CCN(c2nc3ccccc3o2)CC1. The normalized spacial score (nSPS) is 15.5. The second kappa shape index (κ2) is 7.65. The predicted molar refractivity (Wildman–Crippen MR) is 101 cm³/mol. The van der Waals surface area contributed by atoms with Crippen molar-refractivity contribution in [2.24, 2.45) is 5.92 Å². The van der Waals surface area contributed by atoms with E-state index in [9.17, 15) is 18.0 Å². The molecule has 0 atom stereocenters. The van der Waals surface area contributed by atoms with Crippen LogP contribution in [0, 0.1) is 5.92 Å². The first kappa shape index (κ1) is 19.1. The highest BCUT2D eigenvalue weighted by Crippen LogP contribution is 2.31. The van der Waals surface area contributed by atoms with Gasteiger partial charge < -0.3 is 19.4 Å².